The highest BCUT2D eigenvalue weighted by Crippen LogP contribution is 1.91. The Bertz CT molecular complexity index is 53.1. The van der Waals surface area contributed by atoms with Crippen LogP contribution in [0.2, 0.25) is 0 Å². The topological polar surface area (TPSA) is 3.24 Å². The Morgan fingerprint density at radius 2 is 1.23 bits per heavy atom. The van der Waals surface area contributed by atoms with Crippen LogP contribution in [0.5, 0.6) is 0 Å². The SMILES string of the molecule is CC.CC.CCCCN(C)CCC. The molecular weight excluding hydrogens is 158 g/mol. The summed E-state index contributed by atoms with van der Waals surface area (Å²) >= 11 is 0. The molecule has 1 heteroatoms. The minimum atomic E-state index is 1.25. The van der Waals surface area contributed by atoms with Crippen LogP contribution >= 0.6 is 0 Å². The third-order valence-electron chi connectivity index (χ3n) is 1.50. The van der Waals surface area contributed by atoms with Crippen molar-refractivity contribution in [3.8, 4) is 0 Å². The van der Waals surface area contributed by atoms with Gasteiger partial charge in [-0.2, -0.15) is 0 Å². The molecule has 0 spiro atoms. The molecule has 0 radical (unpaired) electrons. The molecule has 0 unspecified atom stereocenters. The molecule has 84 valence electrons. The van der Waals surface area contributed by atoms with Crippen LogP contribution in [0, 0.1) is 0 Å². The second kappa shape index (κ2) is 22.7. The van der Waals surface area contributed by atoms with Gasteiger partial charge in [0.1, 0.15) is 0 Å². The first-order chi connectivity index (χ1) is 6.31. The van der Waals surface area contributed by atoms with E-state index in [0.717, 1.165) is 0 Å². The van der Waals surface area contributed by atoms with Crippen molar-refractivity contribution < 1.29 is 0 Å². The Hall–Kier alpha value is -0.0400. The molecule has 0 rings (SSSR count). The maximum atomic E-state index is 2.39. The predicted octanol–water partition coefficient (Wildman–Crippen LogP) is 4.18. The fourth-order valence-electron chi connectivity index (χ4n) is 0.922. The van der Waals surface area contributed by atoms with E-state index < -0.39 is 0 Å². The third-order valence-corrected chi connectivity index (χ3v) is 1.50. The van der Waals surface area contributed by atoms with E-state index >= 15 is 0 Å². The molecule has 0 heterocycles. The summed E-state index contributed by atoms with van der Waals surface area (Å²) < 4.78 is 0. The highest BCUT2D eigenvalue weighted by atomic mass is 15.1. The Labute approximate surface area is 86.5 Å². The number of hydrogen-bond acceptors (Lipinski definition) is 1. The molecule has 0 saturated carbocycles. The standard InChI is InChI=1S/C8H19N.2C2H6/c1-4-6-8-9(3)7-5-2;2*1-2/h4-8H2,1-3H3;2*1-2H3. The number of rotatable bonds is 5. The molecule has 0 amide bonds. The molecule has 0 aliphatic rings. The van der Waals surface area contributed by atoms with E-state index in [1.54, 1.807) is 0 Å². The summed E-state index contributed by atoms with van der Waals surface area (Å²) in [6.45, 7) is 15.0. The average Bonchev–Trinajstić information content (AvgIpc) is 2.21. The molecule has 0 fully saturated rings. The van der Waals surface area contributed by atoms with E-state index in [4.69, 9.17) is 0 Å². The second-order valence-electron chi connectivity index (χ2n) is 2.66. The summed E-state index contributed by atoms with van der Waals surface area (Å²) in [5, 5.41) is 0. The van der Waals surface area contributed by atoms with Crippen LogP contribution < -0.4 is 0 Å². The van der Waals surface area contributed by atoms with Crippen molar-refractivity contribution in [2.45, 2.75) is 60.8 Å². The minimum Gasteiger partial charge on any atom is -0.306 e. The summed E-state index contributed by atoms with van der Waals surface area (Å²) in [5.41, 5.74) is 0. The highest BCUT2D eigenvalue weighted by molar-refractivity contribution is 4.47. The molecule has 0 N–H and O–H groups in total. The molecule has 0 aromatic heterocycles. The molecule has 0 aromatic rings. The van der Waals surface area contributed by atoms with Gasteiger partial charge in [0.25, 0.3) is 0 Å². The van der Waals surface area contributed by atoms with Crippen molar-refractivity contribution in [1.82, 2.24) is 4.90 Å². The lowest BCUT2D eigenvalue weighted by Crippen LogP contribution is -2.19. The first-order valence-corrected chi connectivity index (χ1v) is 5.99. The molecule has 13 heavy (non-hydrogen) atoms. The number of unbranched alkanes of at least 4 members (excludes halogenated alkanes) is 1. The zero-order valence-electron chi connectivity index (χ0n) is 11.0. The van der Waals surface area contributed by atoms with Crippen LogP contribution in [0.25, 0.3) is 0 Å². The van der Waals surface area contributed by atoms with Crippen molar-refractivity contribution >= 4 is 0 Å². The van der Waals surface area contributed by atoms with Gasteiger partial charge in [-0.1, -0.05) is 48.0 Å². The van der Waals surface area contributed by atoms with E-state index in [1.165, 1.54) is 32.4 Å². The van der Waals surface area contributed by atoms with Crippen LogP contribution in [-0.4, -0.2) is 25.0 Å². The summed E-state index contributed by atoms with van der Waals surface area (Å²) in [4.78, 5) is 2.39. The van der Waals surface area contributed by atoms with Gasteiger partial charge in [-0.3, -0.25) is 0 Å². The van der Waals surface area contributed by atoms with Gasteiger partial charge >= 0.3 is 0 Å². The lowest BCUT2D eigenvalue weighted by Gasteiger charge is -2.13. The van der Waals surface area contributed by atoms with Crippen LogP contribution in [-0.2, 0) is 0 Å². The van der Waals surface area contributed by atoms with E-state index in [9.17, 15) is 0 Å². The molecule has 0 aliphatic carbocycles. The van der Waals surface area contributed by atoms with E-state index in [-0.39, 0.29) is 0 Å². The van der Waals surface area contributed by atoms with Gasteiger partial charge in [0, 0.05) is 0 Å². The van der Waals surface area contributed by atoms with Crippen molar-refractivity contribution in [1.29, 1.82) is 0 Å². The maximum Gasteiger partial charge on any atom is -0.00219 e. The molecule has 0 aromatic carbocycles. The van der Waals surface area contributed by atoms with E-state index in [2.05, 4.69) is 25.8 Å². The zero-order valence-corrected chi connectivity index (χ0v) is 11.0. The van der Waals surface area contributed by atoms with Gasteiger partial charge in [0.05, 0.1) is 0 Å². The van der Waals surface area contributed by atoms with Crippen LogP contribution in [0.1, 0.15) is 60.8 Å². The van der Waals surface area contributed by atoms with Crippen molar-refractivity contribution in [2.75, 3.05) is 20.1 Å². The molecule has 1 nitrogen and oxygen atoms in total. The van der Waals surface area contributed by atoms with Crippen molar-refractivity contribution in [3.05, 3.63) is 0 Å². The van der Waals surface area contributed by atoms with Gasteiger partial charge < -0.3 is 4.90 Å². The fourth-order valence-corrected chi connectivity index (χ4v) is 0.922. The minimum absolute atomic E-state index is 1.25. The second-order valence-corrected chi connectivity index (χ2v) is 2.66. The van der Waals surface area contributed by atoms with Gasteiger partial charge in [0.2, 0.25) is 0 Å². The Morgan fingerprint density at radius 3 is 1.54 bits per heavy atom. The Balaban J connectivity index is -0.000000218. The van der Waals surface area contributed by atoms with E-state index in [0.29, 0.717) is 0 Å². The third kappa shape index (κ3) is 24.5. The number of hydrogen-bond donors (Lipinski definition) is 0. The average molecular weight is 189 g/mol. The van der Waals surface area contributed by atoms with Crippen LogP contribution in [0.3, 0.4) is 0 Å². The van der Waals surface area contributed by atoms with Gasteiger partial charge in [-0.15, -0.1) is 0 Å². The first kappa shape index (κ1) is 18.7. The Morgan fingerprint density at radius 1 is 0.769 bits per heavy atom. The normalized spacial score (nSPS) is 8.31. The monoisotopic (exact) mass is 189 g/mol. The predicted molar refractivity (Wildman–Crippen MR) is 65.4 cm³/mol. The quantitative estimate of drug-likeness (QED) is 0.627. The maximum absolute atomic E-state index is 2.39. The molecule has 0 aliphatic heterocycles. The highest BCUT2D eigenvalue weighted by Gasteiger charge is 1.92. The molecule has 0 bridgehead atoms. The van der Waals surface area contributed by atoms with Crippen LogP contribution in [0.15, 0.2) is 0 Å². The van der Waals surface area contributed by atoms with Gasteiger partial charge in [-0.25, -0.2) is 0 Å². The summed E-state index contributed by atoms with van der Waals surface area (Å²) in [5.74, 6) is 0. The first-order valence-electron chi connectivity index (χ1n) is 5.99. The lowest BCUT2D eigenvalue weighted by molar-refractivity contribution is 0.329. The van der Waals surface area contributed by atoms with Crippen molar-refractivity contribution in [2.24, 2.45) is 0 Å². The summed E-state index contributed by atoms with van der Waals surface area (Å²) in [6, 6.07) is 0. The molecule has 0 atom stereocenters. The van der Waals surface area contributed by atoms with Gasteiger partial charge in [-0.05, 0) is 33.0 Å². The summed E-state index contributed by atoms with van der Waals surface area (Å²) in [7, 11) is 2.19. The largest absolute Gasteiger partial charge is 0.306 e. The molecular formula is C12H31N. The smallest absolute Gasteiger partial charge is 0.00219 e. The Kier molecular flexibility index (Phi) is 32.6. The van der Waals surface area contributed by atoms with E-state index in [1.807, 2.05) is 27.7 Å². The van der Waals surface area contributed by atoms with Gasteiger partial charge in [0.15, 0.2) is 0 Å². The lowest BCUT2D eigenvalue weighted by atomic mass is 10.3. The van der Waals surface area contributed by atoms with Crippen molar-refractivity contribution in [3.63, 3.8) is 0 Å². The summed E-state index contributed by atoms with van der Waals surface area (Å²) in [6.07, 6.45) is 3.94. The van der Waals surface area contributed by atoms with Crippen LogP contribution in [0.4, 0.5) is 0 Å². The fraction of sp³-hybridized carbons (Fsp3) is 1.00. The molecule has 0 saturated heterocycles. The number of nitrogens with zero attached hydrogens (tertiary/aromatic N) is 1. The zero-order chi connectivity index (χ0) is 11.1.